The first-order valence-corrected chi connectivity index (χ1v) is 10.1. The fraction of sp³-hybridized carbons (Fsp3) is 0.200. The zero-order chi connectivity index (χ0) is 19.8. The first-order valence-electron chi connectivity index (χ1n) is 8.70. The van der Waals surface area contributed by atoms with Crippen molar-refractivity contribution in [2.24, 2.45) is 4.99 Å². The Morgan fingerprint density at radius 1 is 1.14 bits per heavy atom. The van der Waals surface area contributed by atoms with E-state index in [2.05, 4.69) is 4.99 Å². The minimum absolute atomic E-state index is 0.0851. The summed E-state index contributed by atoms with van der Waals surface area (Å²) >= 11 is 7.44. The third kappa shape index (κ3) is 3.31. The number of amidine groups is 1. The van der Waals surface area contributed by atoms with Crippen molar-refractivity contribution in [3.05, 3.63) is 64.7 Å². The molecule has 4 rings (SSSR count). The number of aliphatic imine (C=N–C) groups is 1. The van der Waals surface area contributed by atoms with Gasteiger partial charge in [-0.05, 0) is 43.3 Å². The third-order valence-electron chi connectivity index (χ3n) is 4.48. The number of carbonyl (C=O) groups is 3. The number of halogens is 1. The van der Waals surface area contributed by atoms with Gasteiger partial charge in [0.05, 0.1) is 22.9 Å². The monoisotopic (exact) mass is 413 g/mol. The quantitative estimate of drug-likeness (QED) is 0.722. The van der Waals surface area contributed by atoms with Crippen LogP contribution in [0.1, 0.15) is 27.6 Å². The predicted molar refractivity (Wildman–Crippen MR) is 110 cm³/mol. The maximum absolute atomic E-state index is 13.2. The van der Waals surface area contributed by atoms with Gasteiger partial charge in [0.1, 0.15) is 6.54 Å². The van der Waals surface area contributed by atoms with Crippen molar-refractivity contribution < 1.29 is 14.4 Å². The van der Waals surface area contributed by atoms with Crippen LogP contribution in [0.15, 0.2) is 53.5 Å². The van der Waals surface area contributed by atoms with Crippen LogP contribution in [0.4, 0.5) is 5.69 Å². The molecule has 2 aliphatic heterocycles. The van der Waals surface area contributed by atoms with E-state index in [1.165, 1.54) is 16.7 Å². The van der Waals surface area contributed by atoms with Gasteiger partial charge in [0.2, 0.25) is 0 Å². The second-order valence-corrected chi connectivity index (χ2v) is 7.94. The van der Waals surface area contributed by atoms with Crippen molar-refractivity contribution in [2.75, 3.05) is 17.2 Å². The second-order valence-electron chi connectivity index (χ2n) is 6.52. The van der Waals surface area contributed by atoms with E-state index in [0.717, 1.165) is 10.7 Å². The highest BCUT2D eigenvalue weighted by Crippen LogP contribution is 2.28. The molecule has 2 heterocycles. The summed E-state index contributed by atoms with van der Waals surface area (Å²) in [6, 6.07) is 13.5. The number of rotatable bonds is 3. The van der Waals surface area contributed by atoms with Gasteiger partial charge < -0.3 is 0 Å². The molecule has 2 aliphatic rings. The Kier molecular flexibility index (Phi) is 4.95. The summed E-state index contributed by atoms with van der Waals surface area (Å²) in [4.78, 5) is 45.3. The van der Waals surface area contributed by atoms with Crippen LogP contribution < -0.4 is 4.90 Å². The average molecular weight is 414 g/mol. The van der Waals surface area contributed by atoms with Crippen LogP contribution in [0, 0.1) is 0 Å². The molecule has 0 aliphatic carbocycles. The molecule has 1 atom stereocenters. The molecule has 3 amide bonds. The summed E-state index contributed by atoms with van der Waals surface area (Å²) in [5, 5.41) is 1.10. The molecule has 28 heavy (non-hydrogen) atoms. The molecule has 6 nitrogen and oxygen atoms in total. The Hall–Kier alpha value is -2.64. The molecule has 0 bridgehead atoms. The minimum Gasteiger partial charge on any atom is -0.272 e. The standard InChI is InChI=1S/C20H16ClN3O3S/c1-12-11-28-20(22-12)24(14-8-6-13(21)7-9-14)17(25)10-23-18(26)15-4-2-3-5-16(15)19(23)27/h2-9,12H,10-11H2,1H3/t12-/m1/s1. The van der Waals surface area contributed by atoms with Crippen LogP contribution in [-0.2, 0) is 4.79 Å². The van der Waals surface area contributed by atoms with Crippen LogP contribution >= 0.6 is 23.4 Å². The second kappa shape index (κ2) is 7.41. The molecule has 0 fully saturated rings. The van der Waals surface area contributed by atoms with Gasteiger partial charge in [0.15, 0.2) is 5.17 Å². The van der Waals surface area contributed by atoms with Gasteiger partial charge >= 0.3 is 0 Å². The lowest BCUT2D eigenvalue weighted by Gasteiger charge is -2.24. The zero-order valence-corrected chi connectivity index (χ0v) is 16.5. The summed E-state index contributed by atoms with van der Waals surface area (Å²) in [7, 11) is 0. The van der Waals surface area contributed by atoms with Crippen LogP contribution in [-0.4, -0.2) is 46.1 Å². The van der Waals surface area contributed by atoms with E-state index >= 15 is 0 Å². The van der Waals surface area contributed by atoms with Crippen molar-refractivity contribution in [2.45, 2.75) is 13.0 Å². The maximum Gasteiger partial charge on any atom is 0.262 e. The largest absolute Gasteiger partial charge is 0.272 e. The van der Waals surface area contributed by atoms with Gasteiger partial charge in [-0.15, -0.1) is 0 Å². The van der Waals surface area contributed by atoms with Crippen molar-refractivity contribution in [3.63, 3.8) is 0 Å². The highest BCUT2D eigenvalue weighted by Gasteiger charge is 2.38. The number of benzene rings is 2. The number of imide groups is 1. The molecule has 0 saturated heterocycles. The number of fused-ring (bicyclic) bond motifs is 1. The molecule has 0 radical (unpaired) electrons. The highest BCUT2D eigenvalue weighted by atomic mass is 35.5. The number of amides is 3. The van der Waals surface area contributed by atoms with E-state index < -0.39 is 17.7 Å². The number of hydrogen-bond donors (Lipinski definition) is 0. The van der Waals surface area contributed by atoms with E-state index in [4.69, 9.17) is 11.6 Å². The third-order valence-corrected chi connectivity index (χ3v) is 5.93. The first kappa shape index (κ1) is 18.7. The maximum atomic E-state index is 13.2. The van der Waals surface area contributed by atoms with E-state index in [-0.39, 0.29) is 12.6 Å². The van der Waals surface area contributed by atoms with E-state index in [1.807, 2.05) is 6.92 Å². The molecule has 0 N–H and O–H groups in total. The fourth-order valence-electron chi connectivity index (χ4n) is 3.12. The fourth-order valence-corrected chi connectivity index (χ4v) is 4.30. The summed E-state index contributed by atoms with van der Waals surface area (Å²) in [6.45, 7) is 1.61. The molecule has 0 saturated carbocycles. The number of thioether (sulfide) groups is 1. The Balaban J connectivity index is 1.63. The molecule has 0 unspecified atom stereocenters. The first-order chi connectivity index (χ1) is 13.5. The lowest BCUT2D eigenvalue weighted by molar-refractivity contribution is -0.118. The summed E-state index contributed by atoms with van der Waals surface area (Å²) < 4.78 is 0. The van der Waals surface area contributed by atoms with Gasteiger partial charge in [-0.25, -0.2) is 0 Å². The molecule has 142 valence electrons. The number of hydrogen-bond acceptors (Lipinski definition) is 5. The van der Waals surface area contributed by atoms with Gasteiger partial charge in [-0.2, -0.15) is 0 Å². The Morgan fingerprint density at radius 2 is 1.75 bits per heavy atom. The van der Waals surface area contributed by atoms with Gasteiger partial charge in [-0.1, -0.05) is 35.5 Å². The smallest absolute Gasteiger partial charge is 0.262 e. The molecule has 0 aromatic heterocycles. The Morgan fingerprint density at radius 3 is 2.29 bits per heavy atom. The summed E-state index contributed by atoms with van der Waals surface area (Å²) in [5.41, 5.74) is 1.23. The highest BCUT2D eigenvalue weighted by molar-refractivity contribution is 8.14. The van der Waals surface area contributed by atoms with Crippen LogP contribution in [0.2, 0.25) is 5.02 Å². The van der Waals surface area contributed by atoms with Crippen molar-refractivity contribution in [1.82, 2.24) is 4.90 Å². The molecule has 2 aromatic carbocycles. The normalized spacial score (nSPS) is 18.3. The van der Waals surface area contributed by atoms with E-state index in [9.17, 15) is 14.4 Å². The summed E-state index contributed by atoms with van der Waals surface area (Å²) in [6.07, 6.45) is 0. The van der Waals surface area contributed by atoms with Crippen LogP contribution in [0.25, 0.3) is 0 Å². The Labute approximate surface area is 171 Å². The van der Waals surface area contributed by atoms with Gasteiger partial charge in [-0.3, -0.25) is 29.2 Å². The Bertz CT molecular complexity index is 971. The molecule has 8 heteroatoms. The average Bonchev–Trinajstić information content (AvgIpc) is 3.21. The van der Waals surface area contributed by atoms with Gasteiger partial charge in [0.25, 0.3) is 17.7 Å². The van der Waals surface area contributed by atoms with Crippen molar-refractivity contribution in [3.8, 4) is 0 Å². The van der Waals surface area contributed by atoms with Crippen LogP contribution in [0.3, 0.4) is 0 Å². The number of anilines is 1. The predicted octanol–water partition coefficient (Wildman–Crippen LogP) is 3.46. The van der Waals surface area contributed by atoms with Crippen molar-refractivity contribution in [1.29, 1.82) is 0 Å². The molecular weight excluding hydrogens is 398 g/mol. The molecule has 2 aromatic rings. The molecular formula is C20H16ClN3O3S. The zero-order valence-electron chi connectivity index (χ0n) is 15.0. The molecule has 0 spiro atoms. The minimum atomic E-state index is -0.459. The lowest BCUT2D eigenvalue weighted by Crippen LogP contribution is -2.44. The van der Waals surface area contributed by atoms with E-state index in [0.29, 0.717) is 27.0 Å². The topological polar surface area (TPSA) is 70.1 Å². The van der Waals surface area contributed by atoms with Gasteiger partial charge in [0, 0.05) is 10.8 Å². The van der Waals surface area contributed by atoms with Crippen molar-refractivity contribution >= 4 is 51.9 Å². The SMILES string of the molecule is C[C@@H]1CSC(N(C(=O)CN2C(=O)c3ccccc3C2=O)c2ccc(Cl)cc2)=N1. The lowest BCUT2D eigenvalue weighted by atomic mass is 10.1. The van der Waals surface area contributed by atoms with E-state index in [1.54, 1.807) is 48.5 Å². The number of carbonyl (C=O) groups excluding carboxylic acids is 3. The summed E-state index contributed by atoms with van der Waals surface area (Å²) in [5.74, 6) is -0.560. The van der Waals surface area contributed by atoms with Crippen LogP contribution in [0.5, 0.6) is 0 Å². The number of nitrogens with zero attached hydrogens (tertiary/aromatic N) is 3.